The lowest BCUT2D eigenvalue weighted by Crippen LogP contribution is -2.33. The minimum absolute atomic E-state index is 0.268. The van der Waals surface area contributed by atoms with Crippen molar-refractivity contribution in [3.05, 3.63) is 88.5 Å². The number of rotatable bonds is 9. The van der Waals surface area contributed by atoms with E-state index in [-0.39, 0.29) is 24.5 Å². The van der Waals surface area contributed by atoms with Gasteiger partial charge in [-0.3, -0.25) is 19.8 Å². The minimum atomic E-state index is -1.49. The number of carboxylic acids is 3. The molecule has 0 fully saturated rings. The van der Waals surface area contributed by atoms with Crippen LogP contribution in [0, 0.1) is 5.82 Å². The average molecular weight is 556 g/mol. The van der Waals surface area contributed by atoms with Crippen LogP contribution in [0.5, 0.6) is 5.88 Å². The number of carbonyl (C=O) groups is 3. The molecule has 15 nitrogen and oxygen atoms in total. The first-order chi connectivity index (χ1) is 18.8. The summed E-state index contributed by atoms with van der Waals surface area (Å²) in [6, 6.07) is 16.2. The van der Waals surface area contributed by atoms with Crippen LogP contribution in [0.25, 0.3) is 0 Å². The van der Waals surface area contributed by atoms with Gasteiger partial charge in [-0.1, -0.05) is 28.6 Å². The van der Waals surface area contributed by atoms with E-state index in [4.69, 9.17) is 5.11 Å². The predicted molar refractivity (Wildman–Crippen MR) is 130 cm³/mol. The highest BCUT2D eigenvalue weighted by atomic mass is 19.1. The van der Waals surface area contributed by atoms with Crippen LogP contribution in [-0.4, -0.2) is 65.2 Å². The number of aliphatic carboxylic acids is 2. The van der Waals surface area contributed by atoms with Gasteiger partial charge in [-0.25, -0.2) is 4.39 Å². The third-order valence-electron chi connectivity index (χ3n) is 3.99. The number of hydrogen-bond donors (Lipinski definition) is 2. The largest absolute Gasteiger partial charge is 0.548 e. The molecule has 3 rings (SSSR count). The molecular formula is C24H23FN7O8-3. The molecule has 0 aliphatic heterocycles. The zero-order chi connectivity index (χ0) is 30.1. The molecule has 0 amide bonds. The summed E-state index contributed by atoms with van der Waals surface area (Å²) >= 11 is 0. The van der Waals surface area contributed by atoms with Gasteiger partial charge in [-0.15, -0.1) is 10.2 Å². The van der Waals surface area contributed by atoms with Gasteiger partial charge in [0, 0.05) is 31.8 Å². The van der Waals surface area contributed by atoms with Crippen molar-refractivity contribution in [1.82, 2.24) is 15.0 Å². The van der Waals surface area contributed by atoms with Crippen LogP contribution in [0.4, 0.5) is 15.8 Å². The van der Waals surface area contributed by atoms with Gasteiger partial charge in [0.2, 0.25) is 0 Å². The number of aromatic nitrogens is 1. The summed E-state index contributed by atoms with van der Waals surface area (Å²) in [7, 11) is 2.96. The van der Waals surface area contributed by atoms with E-state index < -0.39 is 29.3 Å². The number of carboxylic acid groups (broad SMARTS) is 3. The smallest absolute Gasteiger partial charge is 0.251 e. The quantitative estimate of drug-likeness (QED) is 0.249. The maximum atomic E-state index is 12.5. The van der Waals surface area contributed by atoms with Gasteiger partial charge < -0.3 is 34.8 Å². The number of carbonyl (C=O) groups excluding carboxylic acids is 3. The zero-order valence-electron chi connectivity index (χ0n) is 21.1. The number of benzene rings is 2. The summed E-state index contributed by atoms with van der Waals surface area (Å²) in [6.07, 6.45) is 0. The number of H-pyrrole nitrogens is 1. The van der Waals surface area contributed by atoms with Crippen LogP contribution >= 0.6 is 0 Å². The first-order valence-corrected chi connectivity index (χ1v) is 11.0. The van der Waals surface area contributed by atoms with Crippen molar-refractivity contribution in [1.29, 1.82) is 0 Å². The van der Waals surface area contributed by atoms with E-state index in [1.807, 2.05) is 23.2 Å². The number of aromatic carboxylic acids is 1. The molecule has 0 saturated carbocycles. The minimum Gasteiger partial charge on any atom is -0.548 e. The summed E-state index contributed by atoms with van der Waals surface area (Å²) in [5, 5.41) is 56.2. The molecule has 0 bridgehead atoms. The number of pyridine rings is 1. The van der Waals surface area contributed by atoms with Crippen molar-refractivity contribution in [2.24, 2.45) is 20.7 Å². The second-order valence-electron chi connectivity index (χ2n) is 7.47. The molecular weight excluding hydrogens is 533 g/mol. The summed E-state index contributed by atoms with van der Waals surface area (Å²) in [5.41, 5.74) is 0.106. The van der Waals surface area contributed by atoms with Crippen molar-refractivity contribution in [2.45, 2.75) is 0 Å². The van der Waals surface area contributed by atoms with Gasteiger partial charge in [0.1, 0.15) is 5.82 Å². The Labute approximate surface area is 226 Å². The molecule has 2 N–H and O–H groups in total. The van der Waals surface area contributed by atoms with Gasteiger partial charge >= 0.3 is 0 Å². The van der Waals surface area contributed by atoms with E-state index in [0.717, 1.165) is 17.1 Å². The SMILES string of the molecule is CN(CC(=O)[O-])N=Nc1ccc(F)cc1.CN(CC(=O)[O-])N=Nc1ccccc1.O=C([O-])c1cc(O)[nH]c(=O)c1. The Balaban J connectivity index is 0.000000304. The Bertz CT molecular complexity index is 1370. The monoisotopic (exact) mass is 556 g/mol. The average Bonchev–Trinajstić information content (AvgIpc) is 2.87. The molecule has 3 aromatic rings. The van der Waals surface area contributed by atoms with Gasteiger partial charge in [0.25, 0.3) is 5.56 Å². The normalized spacial score (nSPS) is 10.2. The van der Waals surface area contributed by atoms with Gasteiger partial charge in [0.15, 0.2) is 5.88 Å². The summed E-state index contributed by atoms with van der Waals surface area (Å²) in [6.45, 7) is -0.610. The number of likely N-dealkylation sites (N-methyl/N-ethyl adjacent to an activating group) is 2. The van der Waals surface area contributed by atoms with E-state index >= 15 is 0 Å². The van der Waals surface area contributed by atoms with Crippen LogP contribution < -0.4 is 20.9 Å². The Morgan fingerprint density at radius 2 is 1.30 bits per heavy atom. The van der Waals surface area contributed by atoms with E-state index in [9.17, 15) is 38.9 Å². The van der Waals surface area contributed by atoms with E-state index in [1.54, 1.807) is 12.1 Å². The number of nitrogens with one attached hydrogen (secondary N) is 1. The van der Waals surface area contributed by atoms with Crippen molar-refractivity contribution in [3.8, 4) is 5.88 Å². The summed E-state index contributed by atoms with van der Waals surface area (Å²) < 4.78 is 12.5. The topological polar surface area (TPSA) is 229 Å². The van der Waals surface area contributed by atoms with E-state index in [0.29, 0.717) is 11.4 Å². The van der Waals surface area contributed by atoms with Crippen LogP contribution in [0.3, 0.4) is 0 Å². The molecule has 0 atom stereocenters. The number of hydrogen-bond acceptors (Lipinski definition) is 12. The van der Waals surface area contributed by atoms with Gasteiger partial charge in [0.05, 0.1) is 42.4 Å². The highest BCUT2D eigenvalue weighted by Gasteiger charge is 1.97. The highest BCUT2D eigenvalue weighted by molar-refractivity contribution is 5.85. The third-order valence-corrected chi connectivity index (χ3v) is 3.99. The second-order valence-corrected chi connectivity index (χ2v) is 7.47. The predicted octanol–water partition coefficient (Wildman–Crippen LogP) is -0.683. The van der Waals surface area contributed by atoms with Crippen LogP contribution in [0.2, 0.25) is 0 Å². The molecule has 212 valence electrons. The number of nitrogens with zero attached hydrogens (tertiary/aromatic N) is 6. The number of halogens is 1. The molecule has 2 aromatic carbocycles. The summed E-state index contributed by atoms with van der Waals surface area (Å²) in [4.78, 5) is 42.9. The van der Waals surface area contributed by atoms with Crippen molar-refractivity contribution < 1.29 is 39.2 Å². The van der Waals surface area contributed by atoms with E-state index in [2.05, 4.69) is 20.7 Å². The number of aromatic amines is 1. The zero-order valence-corrected chi connectivity index (χ0v) is 21.1. The van der Waals surface area contributed by atoms with Crippen LogP contribution in [0.15, 0.2) is 92.2 Å². The molecule has 0 saturated heterocycles. The van der Waals surface area contributed by atoms with Crippen molar-refractivity contribution in [3.63, 3.8) is 0 Å². The third kappa shape index (κ3) is 14.8. The fraction of sp³-hybridized carbons (Fsp3) is 0.167. The van der Waals surface area contributed by atoms with Crippen molar-refractivity contribution in [2.75, 3.05) is 27.2 Å². The molecule has 0 aliphatic carbocycles. The van der Waals surface area contributed by atoms with Gasteiger partial charge in [-0.05, 0) is 36.4 Å². The lowest BCUT2D eigenvalue weighted by atomic mass is 10.3. The Morgan fingerprint density at radius 3 is 1.73 bits per heavy atom. The maximum absolute atomic E-state index is 12.5. The lowest BCUT2D eigenvalue weighted by molar-refractivity contribution is -0.307. The first kappa shape index (κ1) is 32.4. The highest BCUT2D eigenvalue weighted by Crippen LogP contribution is 2.13. The molecule has 1 heterocycles. The van der Waals surface area contributed by atoms with Crippen LogP contribution in [-0.2, 0) is 9.59 Å². The molecule has 0 radical (unpaired) electrons. The molecule has 40 heavy (non-hydrogen) atoms. The van der Waals surface area contributed by atoms with E-state index in [1.165, 1.54) is 43.4 Å². The Morgan fingerprint density at radius 1 is 0.825 bits per heavy atom. The van der Waals surface area contributed by atoms with Crippen molar-refractivity contribution >= 4 is 29.3 Å². The fourth-order valence-electron chi connectivity index (χ4n) is 2.34. The summed E-state index contributed by atoms with van der Waals surface area (Å²) in [5.74, 6) is -4.77. The van der Waals surface area contributed by atoms with Gasteiger partial charge in [-0.2, -0.15) is 0 Å². The first-order valence-electron chi connectivity index (χ1n) is 11.0. The molecule has 1 aromatic heterocycles. The fourth-order valence-corrected chi connectivity index (χ4v) is 2.34. The standard InChI is InChI=1S/C9H10FN3O2.C9H11N3O2.C6H5NO4/c1-13(6-9(14)15)12-11-8-4-2-7(10)3-5-8;1-12(7-9(13)14)11-10-8-5-3-2-4-6-8;8-4-1-3(6(10)11)2-5(9)7-4/h2-5H,6H2,1H3,(H,14,15);2-6H,7H2,1H3,(H,13,14);1-2H,(H,10,11)(H2,7,8,9)/p-3. The number of aromatic hydroxyl groups is 1. The second kappa shape index (κ2) is 17.0. The maximum Gasteiger partial charge on any atom is 0.251 e. The van der Waals surface area contributed by atoms with Crippen LogP contribution in [0.1, 0.15) is 10.4 Å². The molecule has 0 unspecified atom stereocenters. The molecule has 16 heteroatoms. The Hall–Kier alpha value is -5.67. The lowest BCUT2D eigenvalue weighted by Gasteiger charge is -2.10. The Kier molecular flexibility index (Phi) is 13.7. The molecule has 0 aliphatic rings. The molecule has 0 spiro atoms.